The Bertz CT molecular complexity index is 882. The second kappa shape index (κ2) is 13.0. The maximum atomic E-state index is 13.9. The van der Waals surface area contributed by atoms with Crippen molar-refractivity contribution in [3.8, 4) is 0 Å². The third-order valence-electron chi connectivity index (χ3n) is 6.30. The topological polar surface area (TPSA) is 49.9 Å². The number of para-hydroxylation sites is 1. The molecule has 6 heteroatoms. The number of esters is 1. The SMILES string of the molecule is COC(=O)CCCCCCCC(=O)N1CCC(N(c2ccccc2)c2cccc(F)c2)CC1. The Labute approximate surface area is 196 Å². The van der Waals surface area contributed by atoms with E-state index in [0.717, 1.165) is 69.4 Å². The number of nitrogens with zero attached hydrogens (tertiary/aromatic N) is 2. The van der Waals surface area contributed by atoms with Crippen molar-refractivity contribution in [2.45, 2.75) is 63.8 Å². The fourth-order valence-electron chi connectivity index (χ4n) is 4.49. The maximum absolute atomic E-state index is 13.9. The highest BCUT2D eigenvalue weighted by atomic mass is 19.1. The number of ether oxygens (including phenoxy) is 1. The number of carbonyl (C=O) groups is 2. The molecule has 0 radical (unpaired) electrons. The van der Waals surface area contributed by atoms with E-state index in [1.54, 1.807) is 12.1 Å². The minimum Gasteiger partial charge on any atom is -0.469 e. The van der Waals surface area contributed by atoms with Crippen LogP contribution in [-0.2, 0) is 14.3 Å². The van der Waals surface area contributed by atoms with Crippen LogP contribution in [0.15, 0.2) is 54.6 Å². The number of likely N-dealkylation sites (tertiary alicyclic amines) is 1. The molecule has 2 aromatic rings. The lowest BCUT2D eigenvalue weighted by atomic mass is 10.00. The van der Waals surface area contributed by atoms with E-state index in [4.69, 9.17) is 0 Å². The number of rotatable bonds is 11. The van der Waals surface area contributed by atoms with Gasteiger partial charge in [-0.05, 0) is 56.0 Å². The van der Waals surface area contributed by atoms with Gasteiger partial charge in [0, 0.05) is 43.3 Å². The number of anilines is 2. The highest BCUT2D eigenvalue weighted by Crippen LogP contribution is 2.32. The van der Waals surface area contributed by atoms with Gasteiger partial charge in [0.15, 0.2) is 0 Å². The summed E-state index contributed by atoms with van der Waals surface area (Å²) in [5, 5.41) is 0. The Hall–Kier alpha value is -2.89. The van der Waals surface area contributed by atoms with E-state index in [0.29, 0.717) is 12.8 Å². The van der Waals surface area contributed by atoms with E-state index in [1.807, 2.05) is 41.3 Å². The van der Waals surface area contributed by atoms with Gasteiger partial charge in [0.2, 0.25) is 5.91 Å². The summed E-state index contributed by atoms with van der Waals surface area (Å²) in [7, 11) is 1.41. The van der Waals surface area contributed by atoms with E-state index in [1.165, 1.54) is 13.2 Å². The van der Waals surface area contributed by atoms with Gasteiger partial charge < -0.3 is 14.5 Å². The second-order valence-corrected chi connectivity index (χ2v) is 8.64. The summed E-state index contributed by atoms with van der Waals surface area (Å²) in [6.45, 7) is 1.45. The van der Waals surface area contributed by atoms with Gasteiger partial charge in [0.25, 0.3) is 0 Å². The molecule has 1 aliphatic heterocycles. The Morgan fingerprint density at radius 1 is 0.909 bits per heavy atom. The fraction of sp³-hybridized carbons (Fsp3) is 0.481. The summed E-state index contributed by atoms with van der Waals surface area (Å²) < 4.78 is 18.6. The maximum Gasteiger partial charge on any atom is 0.305 e. The highest BCUT2D eigenvalue weighted by molar-refractivity contribution is 5.76. The summed E-state index contributed by atoms with van der Waals surface area (Å²) >= 11 is 0. The lowest BCUT2D eigenvalue weighted by Gasteiger charge is -2.40. The summed E-state index contributed by atoms with van der Waals surface area (Å²) in [6, 6.07) is 17.0. The minimum atomic E-state index is -0.244. The summed E-state index contributed by atoms with van der Waals surface area (Å²) in [5.41, 5.74) is 1.89. The van der Waals surface area contributed by atoms with E-state index >= 15 is 0 Å². The van der Waals surface area contributed by atoms with Crippen molar-refractivity contribution < 1.29 is 18.7 Å². The predicted octanol–water partition coefficient (Wildman–Crippen LogP) is 5.86. The molecule has 0 unspecified atom stereocenters. The molecule has 1 aliphatic rings. The van der Waals surface area contributed by atoms with Gasteiger partial charge >= 0.3 is 5.97 Å². The Kier molecular flexibility index (Phi) is 9.73. The number of benzene rings is 2. The minimum absolute atomic E-state index is 0.156. The number of hydrogen-bond donors (Lipinski definition) is 0. The van der Waals surface area contributed by atoms with Gasteiger partial charge in [-0.2, -0.15) is 0 Å². The molecule has 1 heterocycles. The van der Waals surface area contributed by atoms with E-state index in [2.05, 4.69) is 9.64 Å². The van der Waals surface area contributed by atoms with Crippen LogP contribution in [0.4, 0.5) is 15.8 Å². The first kappa shape index (κ1) is 24.7. The number of carbonyl (C=O) groups excluding carboxylic acids is 2. The molecule has 2 aromatic carbocycles. The van der Waals surface area contributed by atoms with Crippen molar-refractivity contribution in [2.75, 3.05) is 25.1 Å². The number of unbranched alkanes of at least 4 members (excludes halogenated alkanes) is 4. The largest absolute Gasteiger partial charge is 0.469 e. The molecule has 1 fully saturated rings. The number of methoxy groups -OCH3 is 1. The molecule has 0 aliphatic carbocycles. The third kappa shape index (κ3) is 7.58. The Morgan fingerprint density at radius 3 is 2.21 bits per heavy atom. The van der Waals surface area contributed by atoms with Crippen LogP contribution in [0.2, 0.25) is 0 Å². The van der Waals surface area contributed by atoms with Gasteiger partial charge in [-0.25, -0.2) is 4.39 Å². The Balaban J connectivity index is 1.46. The van der Waals surface area contributed by atoms with Gasteiger partial charge in [0.05, 0.1) is 7.11 Å². The average molecular weight is 455 g/mol. The van der Waals surface area contributed by atoms with Crippen molar-refractivity contribution in [2.24, 2.45) is 0 Å². The van der Waals surface area contributed by atoms with Crippen molar-refractivity contribution in [1.29, 1.82) is 0 Å². The molecular formula is C27H35FN2O3. The van der Waals surface area contributed by atoms with Crippen molar-refractivity contribution in [1.82, 2.24) is 4.90 Å². The van der Waals surface area contributed by atoms with Crippen LogP contribution in [-0.4, -0.2) is 43.0 Å². The first-order chi connectivity index (χ1) is 16.1. The van der Waals surface area contributed by atoms with Crippen LogP contribution in [0.3, 0.4) is 0 Å². The monoisotopic (exact) mass is 454 g/mol. The first-order valence-electron chi connectivity index (χ1n) is 12.0. The Morgan fingerprint density at radius 2 is 1.55 bits per heavy atom. The fourth-order valence-corrected chi connectivity index (χ4v) is 4.49. The number of halogens is 1. The zero-order valence-electron chi connectivity index (χ0n) is 19.5. The average Bonchev–Trinajstić information content (AvgIpc) is 2.84. The molecule has 0 N–H and O–H groups in total. The zero-order valence-corrected chi connectivity index (χ0v) is 19.5. The smallest absolute Gasteiger partial charge is 0.305 e. The van der Waals surface area contributed by atoms with Crippen LogP contribution in [0, 0.1) is 5.82 Å². The molecule has 33 heavy (non-hydrogen) atoms. The van der Waals surface area contributed by atoms with Crippen LogP contribution < -0.4 is 4.90 Å². The first-order valence-corrected chi connectivity index (χ1v) is 12.0. The molecule has 0 aromatic heterocycles. The third-order valence-corrected chi connectivity index (χ3v) is 6.30. The predicted molar refractivity (Wildman–Crippen MR) is 129 cm³/mol. The normalized spacial score (nSPS) is 14.2. The molecule has 1 saturated heterocycles. The summed E-state index contributed by atoms with van der Waals surface area (Å²) in [6.07, 6.45) is 7.51. The van der Waals surface area contributed by atoms with Crippen LogP contribution >= 0.6 is 0 Å². The van der Waals surface area contributed by atoms with Crippen LogP contribution in [0.1, 0.15) is 57.8 Å². The summed E-state index contributed by atoms with van der Waals surface area (Å²) in [4.78, 5) is 28.0. The number of amides is 1. The molecule has 0 bridgehead atoms. The molecular weight excluding hydrogens is 419 g/mol. The molecule has 0 saturated carbocycles. The van der Waals surface area contributed by atoms with Gasteiger partial charge in [0.1, 0.15) is 5.82 Å². The summed E-state index contributed by atoms with van der Waals surface area (Å²) in [5.74, 6) is -0.178. The quantitative estimate of drug-likeness (QED) is 0.315. The standard InChI is InChI=1S/C27H35FN2O3/c1-33-27(32)16-9-4-2-3-8-15-26(31)29-19-17-24(18-20-29)30(23-12-6-5-7-13-23)25-14-10-11-22(28)21-25/h5-7,10-14,21,24H,2-4,8-9,15-20H2,1H3. The highest BCUT2D eigenvalue weighted by Gasteiger charge is 2.28. The lowest BCUT2D eigenvalue weighted by molar-refractivity contribution is -0.140. The zero-order chi connectivity index (χ0) is 23.5. The molecule has 178 valence electrons. The molecule has 3 rings (SSSR count). The molecule has 5 nitrogen and oxygen atoms in total. The lowest BCUT2D eigenvalue weighted by Crippen LogP contribution is -2.45. The molecule has 1 amide bonds. The van der Waals surface area contributed by atoms with E-state index in [9.17, 15) is 14.0 Å². The van der Waals surface area contributed by atoms with E-state index in [-0.39, 0.29) is 23.7 Å². The van der Waals surface area contributed by atoms with Crippen molar-refractivity contribution in [3.05, 3.63) is 60.4 Å². The number of hydrogen-bond acceptors (Lipinski definition) is 4. The molecule has 0 atom stereocenters. The van der Waals surface area contributed by atoms with Crippen LogP contribution in [0.5, 0.6) is 0 Å². The second-order valence-electron chi connectivity index (χ2n) is 8.64. The van der Waals surface area contributed by atoms with Crippen molar-refractivity contribution >= 4 is 23.3 Å². The van der Waals surface area contributed by atoms with Crippen LogP contribution in [0.25, 0.3) is 0 Å². The van der Waals surface area contributed by atoms with Gasteiger partial charge in [-0.1, -0.05) is 43.5 Å². The van der Waals surface area contributed by atoms with Gasteiger partial charge in [-0.15, -0.1) is 0 Å². The van der Waals surface area contributed by atoms with Gasteiger partial charge in [-0.3, -0.25) is 9.59 Å². The number of piperidine rings is 1. The van der Waals surface area contributed by atoms with Crippen molar-refractivity contribution in [3.63, 3.8) is 0 Å². The van der Waals surface area contributed by atoms with E-state index < -0.39 is 0 Å². The molecule has 0 spiro atoms.